The molecule has 0 spiro atoms. The number of benzene rings is 2. The van der Waals surface area contributed by atoms with Crippen molar-refractivity contribution < 1.29 is 27.4 Å². The minimum Gasteiger partial charge on any atom is -0.497 e. The highest BCUT2D eigenvalue weighted by molar-refractivity contribution is 5.29. The van der Waals surface area contributed by atoms with E-state index in [9.17, 15) is 13.2 Å². The Labute approximate surface area is 156 Å². The summed E-state index contributed by atoms with van der Waals surface area (Å²) in [5, 5.41) is 0. The molecule has 3 rings (SSSR count). The Morgan fingerprint density at radius 1 is 1.11 bits per heavy atom. The van der Waals surface area contributed by atoms with Gasteiger partial charge in [-0.3, -0.25) is 4.90 Å². The zero-order valence-corrected chi connectivity index (χ0v) is 15.0. The van der Waals surface area contributed by atoms with Crippen LogP contribution in [0, 0.1) is 0 Å². The molecule has 2 aromatic carbocycles. The van der Waals surface area contributed by atoms with Crippen LogP contribution in [0.25, 0.3) is 0 Å². The lowest BCUT2D eigenvalue weighted by molar-refractivity contribution is -0.137. The zero-order chi connectivity index (χ0) is 19.3. The van der Waals surface area contributed by atoms with Crippen LogP contribution in [-0.4, -0.2) is 44.4 Å². The SMILES string of the molecule is COc1cccc(CN2CCOCC(Oc3ccc(C(F)(F)F)cc3)C2)c1. The largest absolute Gasteiger partial charge is 0.497 e. The van der Waals surface area contributed by atoms with Crippen LogP contribution < -0.4 is 9.47 Å². The van der Waals surface area contributed by atoms with Gasteiger partial charge in [-0.1, -0.05) is 12.1 Å². The number of rotatable bonds is 5. The van der Waals surface area contributed by atoms with Gasteiger partial charge in [0.1, 0.15) is 17.6 Å². The van der Waals surface area contributed by atoms with Crippen molar-refractivity contribution in [2.45, 2.75) is 18.8 Å². The van der Waals surface area contributed by atoms with Crippen LogP contribution in [0.4, 0.5) is 13.2 Å². The molecule has 0 bridgehead atoms. The summed E-state index contributed by atoms with van der Waals surface area (Å²) in [6.07, 6.45) is -4.60. The van der Waals surface area contributed by atoms with E-state index in [4.69, 9.17) is 14.2 Å². The lowest BCUT2D eigenvalue weighted by Crippen LogP contribution is -2.35. The summed E-state index contributed by atoms with van der Waals surface area (Å²) in [6, 6.07) is 12.6. The molecule has 0 saturated carbocycles. The van der Waals surface area contributed by atoms with Crippen molar-refractivity contribution in [3.63, 3.8) is 0 Å². The number of nitrogens with zero attached hydrogens (tertiary/aromatic N) is 1. The van der Waals surface area contributed by atoms with Crippen LogP contribution in [0.5, 0.6) is 11.5 Å². The maximum atomic E-state index is 12.7. The average molecular weight is 381 g/mol. The molecule has 0 radical (unpaired) electrons. The van der Waals surface area contributed by atoms with E-state index in [0.717, 1.165) is 30.0 Å². The molecule has 1 saturated heterocycles. The Morgan fingerprint density at radius 3 is 2.59 bits per heavy atom. The molecule has 4 nitrogen and oxygen atoms in total. The summed E-state index contributed by atoms with van der Waals surface area (Å²) < 4.78 is 54.7. The monoisotopic (exact) mass is 381 g/mol. The summed E-state index contributed by atoms with van der Waals surface area (Å²) in [7, 11) is 1.63. The smallest absolute Gasteiger partial charge is 0.416 e. The topological polar surface area (TPSA) is 30.9 Å². The van der Waals surface area contributed by atoms with E-state index in [0.29, 0.717) is 32.1 Å². The summed E-state index contributed by atoms with van der Waals surface area (Å²) >= 11 is 0. The number of hydrogen-bond acceptors (Lipinski definition) is 4. The van der Waals surface area contributed by atoms with Gasteiger partial charge in [0, 0.05) is 19.6 Å². The van der Waals surface area contributed by atoms with Crippen molar-refractivity contribution in [1.82, 2.24) is 4.90 Å². The highest BCUT2D eigenvalue weighted by Gasteiger charge is 2.30. The van der Waals surface area contributed by atoms with E-state index in [1.54, 1.807) is 7.11 Å². The Kier molecular flexibility index (Phi) is 6.23. The molecule has 7 heteroatoms. The summed E-state index contributed by atoms with van der Waals surface area (Å²) in [6.45, 7) is 3.07. The van der Waals surface area contributed by atoms with E-state index >= 15 is 0 Å². The first-order valence-electron chi connectivity index (χ1n) is 8.71. The van der Waals surface area contributed by atoms with E-state index in [-0.39, 0.29) is 6.10 Å². The molecule has 1 unspecified atom stereocenters. The fraction of sp³-hybridized carbons (Fsp3) is 0.400. The first kappa shape index (κ1) is 19.5. The van der Waals surface area contributed by atoms with Gasteiger partial charge in [0.05, 0.1) is 25.9 Å². The van der Waals surface area contributed by atoms with Crippen molar-refractivity contribution in [1.29, 1.82) is 0 Å². The van der Waals surface area contributed by atoms with Gasteiger partial charge < -0.3 is 14.2 Å². The lowest BCUT2D eigenvalue weighted by atomic mass is 10.2. The molecule has 0 amide bonds. The van der Waals surface area contributed by atoms with E-state index in [1.807, 2.05) is 24.3 Å². The quantitative estimate of drug-likeness (QED) is 0.784. The van der Waals surface area contributed by atoms with Crippen molar-refractivity contribution in [3.05, 3.63) is 59.7 Å². The van der Waals surface area contributed by atoms with E-state index < -0.39 is 11.7 Å². The van der Waals surface area contributed by atoms with Crippen molar-refractivity contribution in [2.24, 2.45) is 0 Å². The summed E-state index contributed by atoms with van der Waals surface area (Å²) in [4.78, 5) is 2.20. The number of hydrogen-bond donors (Lipinski definition) is 0. The molecule has 1 aliphatic rings. The molecule has 0 aromatic heterocycles. The molecule has 0 N–H and O–H groups in total. The second-order valence-corrected chi connectivity index (χ2v) is 6.42. The molecule has 1 heterocycles. The highest BCUT2D eigenvalue weighted by Crippen LogP contribution is 2.30. The van der Waals surface area contributed by atoms with Crippen molar-refractivity contribution in [2.75, 3.05) is 33.4 Å². The van der Waals surface area contributed by atoms with E-state index in [1.165, 1.54) is 12.1 Å². The zero-order valence-electron chi connectivity index (χ0n) is 15.0. The third kappa shape index (κ3) is 5.61. The Hall–Kier alpha value is -2.25. The molecule has 1 atom stereocenters. The standard InChI is InChI=1S/C20H22F3NO3/c1-25-18-4-2-3-15(11-18)12-24-9-10-26-14-19(13-24)27-17-7-5-16(6-8-17)20(21,22)23/h2-8,11,19H,9-10,12-14H2,1H3. The van der Waals surface area contributed by atoms with Crippen LogP contribution >= 0.6 is 0 Å². The Balaban J connectivity index is 1.62. The molecule has 1 aliphatic heterocycles. The van der Waals surface area contributed by atoms with E-state index in [2.05, 4.69) is 4.90 Å². The minimum absolute atomic E-state index is 0.255. The second-order valence-electron chi connectivity index (χ2n) is 6.42. The lowest BCUT2D eigenvalue weighted by Gasteiger charge is -2.24. The van der Waals surface area contributed by atoms with Crippen LogP contribution in [0.3, 0.4) is 0 Å². The van der Waals surface area contributed by atoms with Crippen LogP contribution in [0.15, 0.2) is 48.5 Å². The third-order valence-corrected chi connectivity index (χ3v) is 4.34. The van der Waals surface area contributed by atoms with Crippen LogP contribution in [0.1, 0.15) is 11.1 Å². The predicted molar refractivity (Wildman–Crippen MR) is 95.0 cm³/mol. The van der Waals surface area contributed by atoms with Crippen LogP contribution in [-0.2, 0) is 17.5 Å². The van der Waals surface area contributed by atoms with Gasteiger partial charge in [-0.25, -0.2) is 0 Å². The third-order valence-electron chi connectivity index (χ3n) is 4.34. The Morgan fingerprint density at radius 2 is 1.89 bits per heavy atom. The van der Waals surface area contributed by atoms with Crippen LogP contribution in [0.2, 0.25) is 0 Å². The normalized spacial score (nSPS) is 18.7. The van der Waals surface area contributed by atoms with Gasteiger partial charge in [-0.05, 0) is 42.0 Å². The second kappa shape index (κ2) is 8.63. The minimum atomic E-state index is -4.35. The van der Waals surface area contributed by atoms with Gasteiger partial charge in [0.2, 0.25) is 0 Å². The first-order valence-corrected chi connectivity index (χ1v) is 8.71. The molecular weight excluding hydrogens is 359 g/mol. The van der Waals surface area contributed by atoms with Gasteiger partial charge in [-0.2, -0.15) is 13.2 Å². The predicted octanol–water partition coefficient (Wildman–Crippen LogP) is 3.99. The van der Waals surface area contributed by atoms with Gasteiger partial charge in [-0.15, -0.1) is 0 Å². The maximum Gasteiger partial charge on any atom is 0.416 e. The maximum absolute atomic E-state index is 12.7. The van der Waals surface area contributed by atoms with Crippen molar-refractivity contribution in [3.8, 4) is 11.5 Å². The fourth-order valence-electron chi connectivity index (χ4n) is 3.00. The van der Waals surface area contributed by atoms with Gasteiger partial charge in [0.25, 0.3) is 0 Å². The molecular formula is C20H22F3NO3. The van der Waals surface area contributed by atoms with Crippen molar-refractivity contribution >= 4 is 0 Å². The summed E-state index contributed by atoms with van der Waals surface area (Å²) in [5.74, 6) is 1.20. The molecule has 146 valence electrons. The number of alkyl halides is 3. The average Bonchev–Trinajstić information content (AvgIpc) is 2.86. The number of ether oxygens (including phenoxy) is 3. The Bertz CT molecular complexity index is 734. The summed E-state index contributed by atoms with van der Waals surface area (Å²) in [5.41, 5.74) is 0.427. The molecule has 1 fully saturated rings. The number of halogens is 3. The highest BCUT2D eigenvalue weighted by atomic mass is 19.4. The van der Waals surface area contributed by atoms with Gasteiger partial charge in [0.15, 0.2) is 0 Å². The molecule has 0 aliphatic carbocycles. The van der Waals surface area contributed by atoms with Gasteiger partial charge >= 0.3 is 6.18 Å². The number of methoxy groups -OCH3 is 1. The molecule has 27 heavy (non-hydrogen) atoms. The first-order chi connectivity index (χ1) is 12.9. The molecule has 2 aromatic rings. The fourth-order valence-corrected chi connectivity index (χ4v) is 3.00.